The van der Waals surface area contributed by atoms with Crippen LogP contribution >= 0.6 is 0 Å². The summed E-state index contributed by atoms with van der Waals surface area (Å²) in [5.74, 6) is -2.77. The summed E-state index contributed by atoms with van der Waals surface area (Å²) in [4.78, 5) is 12.2. The first-order valence-corrected chi connectivity index (χ1v) is 7.14. The molecule has 0 spiro atoms. The molecule has 25 heavy (non-hydrogen) atoms. The molecule has 3 N–H and O–H groups in total. The Morgan fingerprint density at radius 3 is 2.48 bits per heavy atom. The summed E-state index contributed by atoms with van der Waals surface area (Å²) in [7, 11) is 0. The second-order valence-electron chi connectivity index (χ2n) is 5.19. The van der Waals surface area contributed by atoms with Crippen molar-refractivity contribution in [2.24, 2.45) is 0 Å². The molecule has 6 nitrogen and oxygen atoms in total. The molecule has 0 saturated carbocycles. The van der Waals surface area contributed by atoms with Crippen molar-refractivity contribution in [1.82, 2.24) is 15.0 Å². The van der Waals surface area contributed by atoms with E-state index in [9.17, 15) is 18.0 Å². The fraction of sp³-hybridized carbons (Fsp3) is 0.0625. The highest BCUT2D eigenvalue weighted by Crippen LogP contribution is 2.18. The zero-order valence-electron chi connectivity index (χ0n) is 12.7. The zero-order chi connectivity index (χ0) is 18.0. The van der Waals surface area contributed by atoms with E-state index in [1.807, 2.05) is 0 Å². The molecule has 1 heterocycles. The third kappa shape index (κ3) is 3.60. The predicted octanol–water partition coefficient (Wildman–Crippen LogP) is 2.58. The summed E-state index contributed by atoms with van der Waals surface area (Å²) >= 11 is 0. The van der Waals surface area contributed by atoms with E-state index in [0.717, 1.165) is 18.2 Å². The lowest BCUT2D eigenvalue weighted by Crippen LogP contribution is -2.16. The summed E-state index contributed by atoms with van der Waals surface area (Å²) in [5, 5.41) is 9.61. The first-order valence-electron chi connectivity index (χ1n) is 7.14. The number of carbonyl (C=O) groups excluding carboxylic acids is 1. The van der Waals surface area contributed by atoms with E-state index in [1.165, 1.54) is 16.8 Å². The molecule has 2 aromatic carbocycles. The standard InChI is InChI=1S/C16H12F3N5O/c17-10-3-1-9(2-4-10)8-24-15(20)14(22-23-24)16(25)21-13-7-11(18)5-6-12(13)19/h1-7H,8,20H2,(H,21,25). The summed E-state index contributed by atoms with van der Waals surface area (Å²) in [6, 6.07) is 8.30. The van der Waals surface area contributed by atoms with Crippen molar-refractivity contribution in [1.29, 1.82) is 0 Å². The Bertz CT molecular complexity index is 924. The van der Waals surface area contributed by atoms with Gasteiger partial charge in [0.15, 0.2) is 11.5 Å². The lowest BCUT2D eigenvalue weighted by molar-refractivity contribution is 0.102. The van der Waals surface area contributed by atoms with Crippen molar-refractivity contribution in [2.45, 2.75) is 6.54 Å². The Hall–Kier alpha value is -3.36. The minimum Gasteiger partial charge on any atom is -0.382 e. The summed E-state index contributed by atoms with van der Waals surface area (Å²) in [5.41, 5.74) is 5.97. The highest BCUT2D eigenvalue weighted by Gasteiger charge is 2.19. The Morgan fingerprint density at radius 2 is 1.76 bits per heavy atom. The average Bonchev–Trinajstić information content (AvgIpc) is 2.94. The number of aromatic nitrogens is 3. The maximum Gasteiger partial charge on any atom is 0.280 e. The largest absolute Gasteiger partial charge is 0.382 e. The molecule has 0 fully saturated rings. The molecular weight excluding hydrogens is 335 g/mol. The van der Waals surface area contributed by atoms with Gasteiger partial charge in [0.05, 0.1) is 12.2 Å². The van der Waals surface area contributed by atoms with E-state index in [0.29, 0.717) is 5.56 Å². The molecule has 0 saturated heterocycles. The highest BCUT2D eigenvalue weighted by molar-refractivity contribution is 6.05. The maximum absolute atomic E-state index is 13.6. The molecule has 0 aliphatic carbocycles. The number of hydrogen-bond acceptors (Lipinski definition) is 4. The molecule has 1 amide bonds. The van der Waals surface area contributed by atoms with Gasteiger partial charge in [-0.25, -0.2) is 17.9 Å². The normalized spacial score (nSPS) is 10.7. The van der Waals surface area contributed by atoms with Crippen LogP contribution in [0.4, 0.5) is 24.7 Å². The summed E-state index contributed by atoms with van der Waals surface area (Å²) < 4.78 is 40.9. The SMILES string of the molecule is Nc1c(C(=O)Nc2cc(F)ccc2F)nnn1Cc1ccc(F)cc1. The molecule has 0 atom stereocenters. The number of rotatable bonds is 4. The topological polar surface area (TPSA) is 85.8 Å². The Balaban J connectivity index is 1.79. The van der Waals surface area contributed by atoms with Crippen molar-refractivity contribution in [3.8, 4) is 0 Å². The molecule has 0 unspecified atom stereocenters. The molecule has 0 aliphatic heterocycles. The third-order valence-electron chi connectivity index (χ3n) is 3.41. The molecular formula is C16H12F3N5O. The van der Waals surface area contributed by atoms with Gasteiger partial charge in [0.1, 0.15) is 17.5 Å². The Labute approximate surface area is 140 Å². The molecule has 0 radical (unpaired) electrons. The number of hydrogen-bond donors (Lipinski definition) is 2. The Kier molecular flexibility index (Phi) is 4.38. The second kappa shape index (κ2) is 6.63. The molecule has 1 aromatic heterocycles. The lowest BCUT2D eigenvalue weighted by Gasteiger charge is -2.06. The van der Waals surface area contributed by atoms with Crippen molar-refractivity contribution in [2.75, 3.05) is 11.1 Å². The minimum absolute atomic E-state index is 0.0568. The number of nitrogens with two attached hydrogens (primary N) is 1. The van der Waals surface area contributed by atoms with Crippen molar-refractivity contribution in [3.05, 3.63) is 71.2 Å². The van der Waals surface area contributed by atoms with Gasteiger partial charge in [-0.2, -0.15) is 0 Å². The first-order chi connectivity index (χ1) is 11.9. The lowest BCUT2D eigenvalue weighted by atomic mass is 10.2. The van der Waals surface area contributed by atoms with Crippen LogP contribution in [0.25, 0.3) is 0 Å². The predicted molar refractivity (Wildman–Crippen MR) is 84.2 cm³/mol. The second-order valence-corrected chi connectivity index (χ2v) is 5.19. The van der Waals surface area contributed by atoms with Gasteiger partial charge >= 0.3 is 0 Å². The molecule has 0 aliphatic rings. The van der Waals surface area contributed by atoms with Gasteiger partial charge in [-0.1, -0.05) is 17.3 Å². The number of nitrogens with one attached hydrogen (secondary N) is 1. The van der Waals surface area contributed by atoms with Gasteiger partial charge in [-0.05, 0) is 29.8 Å². The number of amides is 1. The van der Waals surface area contributed by atoms with Gasteiger partial charge < -0.3 is 11.1 Å². The van der Waals surface area contributed by atoms with Crippen molar-refractivity contribution < 1.29 is 18.0 Å². The van der Waals surface area contributed by atoms with Crippen LogP contribution in [0.3, 0.4) is 0 Å². The number of nitrogen functional groups attached to an aromatic ring is 1. The highest BCUT2D eigenvalue weighted by atomic mass is 19.1. The molecule has 9 heteroatoms. The molecule has 128 valence electrons. The summed E-state index contributed by atoms with van der Waals surface area (Å²) in [6.45, 7) is 0.167. The monoisotopic (exact) mass is 347 g/mol. The quantitative estimate of drug-likeness (QED) is 0.760. The van der Waals surface area contributed by atoms with Gasteiger partial charge in [-0.15, -0.1) is 5.10 Å². The van der Waals surface area contributed by atoms with E-state index in [1.54, 1.807) is 12.1 Å². The third-order valence-corrected chi connectivity index (χ3v) is 3.41. The molecule has 3 aromatic rings. The maximum atomic E-state index is 13.6. The Morgan fingerprint density at radius 1 is 1.08 bits per heavy atom. The van der Waals surface area contributed by atoms with E-state index in [2.05, 4.69) is 15.6 Å². The number of halogens is 3. The van der Waals surface area contributed by atoms with E-state index < -0.39 is 17.5 Å². The van der Waals surface area contributed by atoms with E-state index in [4.69, 9.17) is 5.73 Å². The average molecular weight is 347 g/mol. The van der Waals surface area contributed by atoms with Crippen molar-refractivity contribution in [3.63, 3.8) is 0 Å². The first kappa shape index (κ1) is 16.5. The van der Waals surface area contributed by atoms with Gasteiger partial charge in [0.2, 0.25) is 0 Å². The van der Waals surface area contributed by atoms with Crippen LogP contribution in [0.5, 0.6) is 0 Å². The van der Waals surface area contributed by atoms with Crippen LogP contribution in [0, 0.1) is 17.5 Å². The number of benzene rings is 2. The van der Waals surface area contributed by atoms with Crippen LogP contribution in [-0.2, 0) is 6.54 Å². The van der Waals surface area contributed by atoms with Crippen LogP contribution in [0.1, 0.15) is 16.1 Å². The fourth-order valence-corrected chi connectivity index (χ4v) is 2.14. The minimum atomic E-state index is -0.827. The van der Waals surface area contributed by atoms with Crippen molar-refractivity contribution >= 4 is 17.4 Å². The van der Waals surface area contributed by atoms with Crippen LogP contribution in [0.2, 0.25) is 0 Å². The number of nitrogens with zero attached hydrogens (tertiary/aromatic N) is 3. The van der Waals surface area contributed by atoms with Gasteiger partial charge in [0, 0.05) is 6.07 Å². The number of anilines is 2. The molecule has 3 rings (SSSR count). The van der Waals surface area contributed by atoms with Gasteiger partial charge in [-0.3, -0.25) is 4.79 Å². The number of carbonyl (C=O) groups is 1. The van der Waals surface area contributed by atoms with E-state index in [-0.39, 0.29) is 29.6 Å². The smallest absolute Gasteiger partial charge is 0.280 e. The summed E-state index contributed by atoms with van der Waals surface area (Å²) in [6.07, 6.45) is 0. The van der Waals surface area contributed by atoms with Gasteiger partial charge in [0.25, 0.3) is 5.91 Å². The fourth-order valence-electron chi connectivity index (χ4n) is 2.14. The molecule has 0 bridgehead atoms. The van der Waals surface area contributed by atoms with E-state index >= 15 is 0 Å². The van der Waals surface area contributed by atoms with Crippen LogP contribution in [-0.4, -0.2) is 20.9 Å². The zero-order valence-corrected chi connectivity index (χ0v) is 12.7. The van der Waals surface area contributed by atoms with Crippen LogP contribution < -0.4 is 11.1 Å². The van der Waals surface area contributed by atoms with Crippen LogP contribution in [0.15, 0.2) is 42.5 Å².